The van der Waals surface area contributed by atoms with Gasteiger partial charge in [0, 0.05) is 6.54 Å². The number of nitrogens with one attached hydrogen (secondary N) is 2. The number of piperazine rings is 1. The lowest BCUT2D eigenvalue weighted by Gasteiger charge is -2.34. The van der Waals surface area contributed by atoms with Crippen LogP contribution in [0.1, 0.15) is 18.1 Å². The molecule has 0 radical (unpaired) electrons. The molecule has 2 aromatic rings. The monoisotopic (exact) mass is 382 g/mol. The molecule has 1 heterocycles. The molecule has 1 saturated heterocycles. The van der Waals surface area contributed by atoms with E-state index in [4.69, 9.17) is 4.74 Å². The quantitative estimate of drug-likeness (QED) is 0.727. The van der Waals surface area contributed by atoms with Crippen LogP contribution in [-0.2, 0) is 11.2 Å². The molecular weight excluding hydrogens is 350 g/mol. The standard InChI is InChI=1S/C23H31N3O2/c1-3-28-22-11-7-6-10-21(22)26-16-14-25(15-17-26)18-23(27)24-13-12-20-9-5-4-8-19(20)2/h4-11H,3,12-18H2,1-2H3,(H,24,27)/p+1. The number of carbonyl (C=O) groups is 1. The number of rotatable bonds is 8. The van der Waals surface area contributed by atoms with E-state index in [0.29, 0.717) is 19.7 Å². The Hall–Kier alpha value is -2.53. The van der Waals surface area contributed by atoms with Crippen molar-refractivity contribution >= 4 is 11.6 Å². The van der Waals surface area contributed by atoms with Crippen molar-refractivity contribution in [2.45, 2.75) is 20.3 Å². The molecule has 1 amide bonds. The van der Waals surface area contributed by atoms with E-state index in [1.54, 1.807) is 0 Å². The molecule has 2 N–H and O–H groups in total. The van der Waals surface area contributed by atoms with Gasteiger partial charge in [-0.2, -0.15) is 0 Å². The summed E-state index contributed by atoms with van der Waals surface area (Å²) in [5, 5.41) is 3.08. The molecule has 1 fully saturated rings. The lowest BCUT2D eigenvalue weighted by Crippen LogP contribution is -3.16. The highest BCUT2D eigenvalue weighted by Crippen LogP contribution is 2.27. The summed E-state index contributed by atoms with van der Waals surface area (Å²) in [6.07, 6.45) is 0.885. The molecule has 0 aliphatic carbocycles. The van der Waals surface area contributed by atoms with Gasteiger partial charge in [-0.15, -0.1) is 0 Å². The second-order valence-electron chi connectivity index (χ2n) is 7.34. The number of benzene rings is 2. The van der Waals surface area contributed by atoms with Crippen molar-refractivity contribution in [1.29, 1.82) is 0 Å². The second-order valence-corrected chi connectivity index (χ2v) is 7.34. The minimum Gasteiger partial charge on any atom is -0.492 e. The number of hydrogen-bond acceptors (Lipinski definition) is 3. The van der Waals surface area contributed by atoms with Gasteiger partial charge in [0.15, 0.2) is 6.54 Å². The first-order chi connectivity index (χ1) is 13.7. The van der Waals surface area contributed by atoms with Gasteiger partial charge in [0.05, 0.1) is 38.5 Å². The molecule has 3 rings (SSSR count). The fourth-order valence-electron chi connectivity index (χ4n) is 3.75. The summed E-state index contributed by atoms with van der Waals surface area (Å²) in [5.74, 6) is 1.09. The fraction of sp³-hybridized carbons (Fsp3) is 0.435. The summed E-state index contributed by atoms with van der Waals surface area (Å²) in [4.78, 5) is 16.0. The maximum absolute atomic E-state index is 12.3. The highest BCUT2D eigenvalue weighted by molar-refractivity contribution is 5.76. The van der Waals surface area contributed by atoms with Crippen molar-refractivity contribution in [1.82, 2.24) is 5.32 Å². The van der Waals surface area contributed by atoms with Crippen molar-refractivity contribution in [2.24, 2.45) is 0 Å². The summed E-state index contributed by atoms with van der Waals surface area (Å²) in [5.41, 5.74) is 3.74. The second kappa shape index (κ2) is 10.1. The molecule has 2 aromatic carbocycles. The molecule has 1 aliphatic rings. The van der Waals surface area contributed by atoms with Crippen LogP contribution in [0.2, 0.25) is 0 Å². The van der Waals surface area contributed by atoms with E-state index in [9.17, 15) is 4.79 Å². The zero-order valence-corrected chi connectivity index (χ0v) is 17.0. The first-order valence-corrected chi connectivity index (χ1v) is 10.3. The lowest BCUT2D eigenvalue weighted by molar-refractivity contribution is -0.892. The van der Waals surface area contributed by atoms with E-state index in [1.165, 1.54) is 16.0 Å². The third kappa shape index (κ3) is 5.49. The average Bonchev–Trinajstić information content (AvgIpc) is 2.71. The Kier molecular flexibility index (Phi) is 7.31. The largest absolute Gasteiger partial charge is 0.492 e. The minimum absolute atomic E-state index is 0.145. The van der Waals surface area contributed by atoms with Crippen molar-refractivity contribution in [3.05, 3.63) is 59.7 Å². The van der Waals surface area contributed by atoms with Gasteiger partial charge in [-0.05, 0) is 43.5 Å². The highest BCUT2D eigenvalue weighted by Gasteiger charge is 2.23. The Bertz CT molecular complexity index is 770. The van der Waals surface area contributed by atoms with E-state index >= 15 is 0 Å². The molecule has 0 unspecified atom stereocenters. The number of aryl methyl sites for hydroxylation is 1. The third-order valence-electron chi connectivity index (χ3n) is 5.36. The van der Waals surface area contributed by atoms with Crippen molar-refractivity contribution in [3.63, 3.8) is 0 Å². The first kappa shape index (κ1) is 20.2. The third-order valence-corrected chi connectivity index (χ3v) is 5.36. The minimum atomic E-state index is 0.145. The normalized spacial score (nSPS) is 14.7. The van der Waals surface area contributed by atoms with Crippen LogP contribution in [-0.4, -0.2) is 51.8 Å². The van der Waals surface area contributed by atoms with E-state index < -0.39 is 0 Å². The van der Waals surface area contributed by atoms with Gasteiger partial charge in [-0.3, -0.25) is 4.79 Å². The van der Waals surface area contributed by atoms with E-state index in [1.807, 2.05) is 25.1 Å². The van der Waals surface area contributed by atoms with Crippen LogP contribution >= 0.6 is 0 Å². The van der Waals surface area contributed by atoms with Gasteiger partial charge in [-0.1, -0.05) is 36.4 Å². The average molecular weight is 383 g/mol. The Morgan fingerprint density at radius 1 is 1.11 bits per heavy atom. The summed E-state index contributed by atoms with van der Waals surface area (Å²) in [6, 6.07) is 16.6. The molecule has 0 spiro atoms. The molecule has 150 valence electrons. The number of amides is 1. The number of hydrogen-bond donors (Lipinski definition) is 2. The van der Waals surface area contributed by atoms with Gasteiger partial charge in [0.1, 0.15) is 5.75 Å². The summed E-state index contributed by atoms with van der Waals surface area (Å²) < 4.78 is 5.76. The van der Waals surface area contributed by atoms with Crippen LogP contribution < -0.4 is 19.9 Å². The van der Waals surface area contributed by atoms with Crippen molar-refractivity contribution < 1.29 is 14.4 Å². The zero-order chi connectivity index (χ0) is 19.8. The van der Waals surface area contributed by atoms with Crippen molar-refractivity contribution in [3.8, 4) is 5.75 Å². The van der Waals surface area contributed by atoms with Gasteiger partial charge in [-0.25, -0.2) is 0 Å². The van der Waals surface area contributed by atoms with Gasteiger partial charge in [0.2, 0.25) is 0 Å². The Morgan fingerprint density at radius 3 is 2.57 bits per heavy atom. The lowest BCUT2D eigenvalue weighted by atomic mass is 10.1. The van der Waals surface area contributed by atoms with Crippen LogP contribution in [0.4, 0.5) is 5.69 Å². The maximum atomic E-state index is 12.3. The molecule has 0 bridgehead atoms. The number of ether oxygens (including phenoxy) is 1. The molecule has 0 atom stereocenters. The summed E-state index contributed by atoms with van der Waals surface area (Å²) in [6.45, 7) is 9.86. The molecule has 5 nitrogen and oxygen atoms in total. The Labute approximate surface area is 168 Å². The molecule has 5 heteroatoms. The number of para-hydroxylation sites is 2. The summed E-state index contributed by atoms with van der Waals surface area (Å²) >= 11 is 0. The van der Waals surface area contributed by atoms with Gasteiger partial charge in [0.25, 0.3) is 5.91 Å². The van der Waals surface area contributed by atoms with E-state index in [-0.39, 0.29) is 5.91 Å². The molecular formula is C23H32N3O2+. The topological polar surface area (TPSA) is 46.0 Å². The Balaban J connectivity index is 1.42. The van der Waals surface area contributed by atoms with Crippen LogP contribution in [0.15, 0.2) is 48.5 Å². The SMILES string of the molecule is CCOc1ccccc1N1CC[NH+](CC(=O)NCCc2ccccc2C)CC1. The number of anilines is 1. The zero-order valence-electron chi connectivity index (χ0n) is 17.0. The van der Waals surface area contributed by atoms with Crippen LogP contribution in [0, 0.1) is 6.92 Å². The predicted octanol–water partition coefficient (Wildman–Crippen LogP) is 1.46. The number of nitrogens with zero attached hydrogens (tertiary/aromatic N) is 1. The van der Waals surface area contributed by atoms with Gasteiger partial charge >= 0.3 is 0 Å². The summed E-state index contributed by atoms with van der Waals surface area (Å²) in [7, 11) is 0. The molecule has 0 aromatic heterocycles. The van der Waals surface area contributed by atoms with E-state index in [2.05, 4.69) is 47.5 Å². The fourth-order valence-corrected chi connectivity index (χ4v) is 3.75. The van der Waals surface area contributed by atoms with Gasteiger partial charge < -0.3 is 19.9 Å². The number of carbonyl (C=O) groups excluding carboxylic acids is 1. The maximum Gasteiger partial charge on any atom is 0.275 e. The number of quaternary nitrogens is 1. The highest BCUT2D eigenvalue weighted by atomic mass is 16.5. The van der Waals surface area contributed by atoms with E-state index in [0.717, 1.165) is 44.0 Å². The van der Waals surface area contributed by atoms with Crippen molar-refractivity contribution in [2.75, 3.05) is 50.8 Å². The van der Waals surface area contributed by atoms with Crippen LogP contribution in [0.25, 0.3) is 0 Å². The molecule has 28 heavy (non-hydrogen) atoms. The Morgan fingerprint density at radius 2 is 1.82 bits per heavy atom. The van der Waals surface area contributed by atoms with Crippen LogP contribution in [0.5, 0.6) is 5.75 Å². The first-order valence-electron chi connectivity index (χ1n) is 10.3. The molecule has 0 saturated carbocycles. The smallest absolute Gasteiger partial charge is 0.275 e. The predicted molar refractivity (Wildman–Crippen MR) is 113 cm³/mol. The molecule has 1 aliphatic heterocycles. The van der Waals surface area contributed by atoms with Crippen LogP contribution in [0.3, 0.4) is 0 Å².